The van der Waals surface area contributed by atoms with Crippen LogP contribution in [0.5, 0.6) is 0 Å². The Labute approximate surface area is 80.7 Å². The van der Waals surface area contributed by atoms with Crippen molar-refractivity contribution < 1.29 is 5.11 Å². The van der Waals surface area contributed by atoms with Crippen LogP contribution in [0.1, 0.15) is 38.5 Å². The van der Waals surface area contributed by atoms with Crippen molar-refractivity contribution in [1.29, 1.82) is 0 Å². The Hall–Kier alpha value is -0.0800. The molecule has 1 aliphatic carbocycles. The summed E-state index contributed by atoms with van der Waals surface area (Å²) in [7, 11) is 0. The highest BCUT2D eigenvalue weighted by molar-refractivity contribution is 4.90. The average molecular weight is 183 g/mol. The van der Waals surface area contributed by atoms with E-state index in [0.717, 1.165) is 24.3 Å². The number of rotatable bonds is 2. The Balaban J connectivity index is 1.94. The largest absolute Gasteiger partial charge is 0.396 e. The molecule has 0 aromatic heterocycles. The lowest BCUT2D eigenvalue weighted by molar-refractivity contribution is 0.121. The first-order valence-electron chi connectivity index (χ1n) is 5.76. The Morgan fingerprint density at radius 3 is 2.85 bits per heavy atom. The fourth-order valence-corrected chi connectivity index (χ4v) is 3.17. The molecular formula is C11H21NO. The van der Waals surface area contributed by atoms with Gasteiger partial charge in [-0.15, -0.1) is 0 Å². The van der Waals surface area contributed by atoms with Crippen LogP contribution in [-0.2, 0) is 0 Å². The molecule has 0 aromatic rings. The summed E-state index contributed by atoms with van der Waals surface area (Å²) in [5.74, 6) is 1.67. The van der Waals surface area contributed by atoms with E-state index >= 15 is 0 Å². The maximum Gasteiger partial charge on any atom is 0.0434 e. The van der Waals surface area contributed by atoms with E-state index in [-0.39, 0.29) is 0 Å². The molecule has 0 aromatic carbocycles. The molecule has 1 aliphatic heterocycles. The van der Waals surface area contributed by atoms with Gasteiger partial charge in [0, 0.05) is 12.6 Å². The molecule has 2 nitrogen and oxygen atoms in total. The summed E-state index contributed by atoms with van der Waals surface area (Å²) in [5.41, 5.74) is 0. The van der Waals surface area contributed by atoms with E-state index in [4.69, 9.17) is 5.11 Å². The molecule has 2 fully saturated rings. The van der Waals surface area contributed by atoms with Crippen LogP contribution in [0.2, 0.25) is 0 Å². The van der Waals surface area contributed by atoms with E-state index in [9.17, 15) is 0 Å². The topological polar surface area (TPSA) is 32.3 Å². The maximum atomic E-state index is 8.98. The first-order chi connectivity index (χ1) is 6.42. The number of fused-ring (bicyclic) bond motifs is 1. The molecule has 1 heterocycles. The number of hydrogen-bond donors (Lipinski definition) is 2. The third-order valence-electron chi connectivity index (χ3n) is 3.80. The third-order valence-corrected chi connectivity index (χ3v) is 3.80. The van der Waals surface area contributed by atoms with Crippen LogP contribution in [0, 0.1) is 11.8 Å². The summed E-state index contributed by atoms with van der Waals surface area (Å²) in [5, 5.41) is 12.6. The molecule has 0 radical (unpaired) electrons. The van der Waals surface area contributed by atoms with Gasteiger partial charge >= 0.3 is 0 Å². The monoisotopic (exact) mass is 183 g/mol. The first-order valence-corrected chi connectivity index (χ1v) is 5.76. The van der Waals surface area contributed by atoms with Crippen LogP contribution < -0.4 is 5.32 Å². The van der Waals surface area contributed by atoms with Crippen LogP contribution in [0.15, 0.2) is 0 Å². The van der Waals surface area contributed by atoms with Crippen LogP contribution in [0.25, 0.3) is 0 Å². The molecule has 3 atom stereocenters. The SMILES string of the molecule is OCC[C@H]1CCC[C@H]2CCCN[C@H]21. The van der Waals surface area contributed by atoms with E-state index in [0.29, 0.717) is 6.61 Å². The molecule has 1 saturated carbocycles. The zero-order valence-corrected chi connectivity index (χ0v) is 8.34. The third kappa shape index (κ3) is 2.05. The lowest BCUT2D eigenvalue weighted by Gasteiger charge is -2.42. The molecule has 0 bridgehead atoms. The smallest absolute Gasteiger partial charge is 0.0434 e. The van der Waals surface area contributed by atoms with E-state index < -0.39 is 0 Å². The zero-order valence-electron chi connectivity index (χ0n) is 8.34. The van der Waals surface area contributed by atoms with E-state index in [1.165, 1.54) is 38.6 Å². The molecule has 2 aliphatic rings. The van der Waals surface area contributed by atoms with Crippen molar-refractivity contribution >= 4 is 0 Å². The molecule has 2 N–H and O–H groups in total. The normalized spacial score (nSPS) is 39.9. The van der Waals surface area contributed by atoms with Crippen molar-refractivity contribution in [2.45, 2.75) is 44.6 Å². The van der Waals surface area contributed by atoms with Crippen molar-refractivity contribution in [2.75, 3.05) is 13.2 Å². The van der Waals surface area contributed by atoms with Gasteiger partial charge in [0.05, 0.1) is 0 Å². The second kappa shape index (κ2) is 4.43. The Kier molecular flexibility index (Phi) is 3.23. The van der Waals surface area contributed by atoms with Crippen molar-refractivity contribution in [3.05, 3.63) is 0 Å². The minimum Gasteiger partial charge on any atom is -0.396 e. The van der Waals surface area contributed by atoms with Gasteiger partial charge < -0.3 is 10.4 Å². The van der Waals surface area contributed by atoms with Crippen molar-refractivity contribution in [1.82, 2.24) is 5.32 Å². The fourth-order valence-electron chi connectivity index (χ4n) is 3.17. The van der Waals surface area contributed by atoms with Crippen LogP contribution in [-0.4, -0.2) is 24.3 Å². The second-order valence-corrected chi connectivity index (χ2v) is 4.59. The predicted molar refractivity (Wildman–Crippen MR) is 53.6 cm³/mol. The van der Waals surface area contributed by atoms with Gasteiger partial charge in [-0.25, -0.2) is 0 Å². The first kappa shape index (κ1) is 9.47. The Morgan fingerprint density at radius 1 is 1.15 bits per heavy atom. The van der Waals surface area contributed by atoms with Gasteiger partial charge in [0.1, 0.15) is 0 Å². The van der Waals surface area contributed by atoms with Crippen LogP contribution in [0.4, 0.5) is 0 Å². The second-order valence-electron chi connectivity index (χ2n) is 4.59. The quantitative estimate of drug-likeness (QED) is 0.680. The van der Waals surface area contributed by atoms with Crippen molar-refractivity contribution in [3.8, 4) is 0 Å². The van der Waals surface area contributed by atoms with Gasteiger partial charge in [-0.05, 0) is 50.5 Å². The summed E-state index contributed by atoms with van der Waals surface area (Å²) >= 11 is 0. The molecule has 13 heavy (non-hydrogen) atoms. The number of aliphatic hydroxyl groups is 1. The predicted octanol–water partition coefficient (Wildman–Crippen LogP) is 1.54. The van der Waals surface area contributed by atoms with Crippen molar-refractivity contribution in [2.24, 2.45) is 11.8 Å². The van der Waals surface area contributed by atoms with Gasteiger partial charge in [-0.2, -0.15) is 0 Å². The molecule has 1 saturated heterocycles. The summed E-state index contributed by atoms with van der Waals surface area (Å²) < 4.78 is 0. The summed E-state index contributed by atoms with van der Waals surface area (Å²) in [6.07, 6.45) is 7.91. The molecule has 76 valence electrons. The molecule has 0 spiro atoms. The lowest BCUT2D eigenvalue weighted by atomic mass is 9.72. The highest BCUT2D eigenvalue weighted by atomic mass is 16.3. The highest BCUT2D eigenvalue weighted by Gasteiger charge is 2.33. The molecule has 2 heteroatoms. The molecule has 0 unspecified atom stereocenters. The van der Waals surface area contributed by atoms with Crippen LogP contribution >= 0.6 is 0 Å². The number of hydrogen-bond acceptors (Lipinski definition) is 2. The number of piperidine rings is 1. The highest BCUT2D eigenvalue weighted by Crippen LogP contribution is 2.35. The molecular weight excluding hydrogens is 162 g/mol. The Bertz CT molecular complexity index is 156. The summed E-state index contributed by atoms with van der Waals surface area (Å²) in [6, 6.07) is 0.731. The van der Waals surface area contributed by atoms with Crippen molar-refractivity contribution in [3.63, 3.8) is 0 Å². The summed E-state index contributed by atoms with van der Waals surface area (Å²) in [6.45, 7) is 1.57. The van der Waals surface area contributed by atoms with Crippen LogP contribution in [0.3, 0.4) is 0 Å². The zero-order chi connectivity index (χ0) is 9.10. The number of nitrogens with one attached hydrogen (secondary N) is 1. The Morgan fingerprint density at radius 2 is 2.00 bits per heavy atom. The average Bonchev–Trinajstić information content (AvgIpc) is 2.19. The minimum absolute atomic E-state index is 0.371. The number of aliphatic hydroxyl groups excluding tert-OH is 1. The van der Waals surface area contributed by atoms with Gasteiger partial charge in [0.25, 0.3) is 0 Å². The van der Waals surface area contributed by atoms with E-state index in [2.05, 4.69) is 5.32 Å². The van der Waals surface area contributed by atoms with Gasteiger partial charge in [-0.3, -0.25) is 0 Å². The maximum absolute atomic E-state index is 8.98. The van der Waals surface area contributed by atoms with E-state index in [1.807, 2.05) is 0 Å². The van der Waals surface area contributed by atoms with E-state index in [1.54, 1.807) is 0 Å². The van der Waals surface area contributed by atoms with Gasteiger partial charge in [0.15, 0.2) is 0 Å². The molecule has 2 rings (SSSR count). The standard InChI is InChI=1S/C11H21NO/c13-8-6-10-4-1-3-9-5-2-7-12-11(9)10/h9-13H,1-8H2/t9-,10+,11+/m0/s1. The minimum atomic E-state index is 0.371. The molecule has 0 amide bonds. The summed E-state index contributed by atoms with van der Waals surface area (Å²) in [4.78, 5) is 0. The lowest BCUT2D eigenvalue weighted by Crippen LogP contribution is -2.48. The van der Waals surface area contributed by atoms with Gasteiger partial charge in [-0.1, -0.05) is 6.42 Å². The van der Waals surface area contributed by atoms with Gasteiger partial charge in [0.2, 0.25) is 0 Å². The fraction of sp³-hybridized carbons (Fsp3) is 1.00.